The van der Waals surface area contributed by atoms with Crippen LogP contribution in [0.25, 0.3) is 0 Å². The fraction of sp³-hybridized carbons (Fsp3) is 0.600. The number of benzene rings is 1. The van der Waals surface area contributed by atoms with Gasteiger partial charge < -0.3 is 5.32 Å². The van der Waals surface area contributed by atoms with Gasteiger partial charge in [0.05, 0.1) is 0 Å². The van der Waals surface area contributed by atoms with E-state index in [2.05, 4.69) is 51.2 Å². The molecule has 0 spiro atoms. The van der Waals surface area contributed by atoms with Gasteiger partial charge in [-0.3, -0.25) is 0 Å². The van der Waals surface area contributed by atoms with E-state index in [1.807, 2.05) is 0 Å². The van der Waals surface area contributed by atoms with Crippen molar-refractivity contribution in [2.75, 3.05) is 0 Å². The third kappa shape index (κ3) is 2.15. The van der Waals surface area contributed by atoms with Gasteiger partial charge in [0.2, 0.25) is 0 Å². The fourth-order valence-electron chi connectivity index (χ4n) is 2.69. The lowest BCUT2D eigenvalue weighted by atomic mass is 9.77. The minimum atomic E-state index is 0.385. The number of aryl methyl sites for hydroxylation is 1. The standard InChI is InChI=1S/C15H23N/c1-11-7-5-8-14(12(11)2)13(3)16-15(4)9-6-10-15/h5,7-8,13,16H,6,9-10H2,1-4H3. The van der Waals surface area contributed by atoms with Crippen LogP contribution in [0.15, 0.2) is 18.2 Å². The molecule has 0 radical (unpaired) electrons. The first kappa shape index (κ1) is 11.7. The summed E-state index contributed by atoms with van der Waals surface area (Å²) in [5.41, 5.74) is 4.67. The molecule has 1 unspecified atom stereocenters. The number of rotatable bonds is 3. The highest BCUT2D eigenvalue weighted by Crippen LogP contribution is 2.34. The molecule has 1 nitrogen and oxygen atoms in total. The maximum atomic E-state index is 3.78. The van der Waals surface area contributed by atoms with Crippen LogP contribution in [0.1, 0.15) is 55.8 Å². The Morgan fingerprint density at radius 2 is 1.94 bits per heavy atom. The van der Waals surface area contributed by atoms with Crippen LogP contribution in [0.5, 0.6) is 0 Å². The van der Waals surface area contributed by atoms with Crippen LogP contribution in [0.2, 0.25) is 0 Å². The second-order valence-electron chi connectivity index (χ2n) is 5.57. The van der Waals surface area contributed by atoms with Crippen LogP contribution in [-0.4, -0.2) is 5.54 Å². The van der Waals surface area contributed by atoms with E-state index in [0.717, 1.165) is 0 Å². The average molecular weight is 217 g/mol. The highest BCUT2D eigenvalue weighted by atomic mass is 15.0. The van der Waals surface area contributed by atoms with Gasteiger partial charge in [-0.2, -0.15) is 0 Å². The first-order chi connectivity index (χ1) is 7.52. The molecule has 0 saturated heterocycles. The van der Waals surface area contributed by atoms with Gasteiger partial charge in [0.25, 0.3) is 0 Å². The predicted molar refractivity (Wildman–Crippen MR) is 69.7 cm³/mol. The zero-order valence-electron chi connectivity index (χ0n) is 10.9. The normalized spacial score (nSPS) is 20.2. The third-order valence-electron chi connectivity index (χ3n) is 4.14. The van der Waals surface area contributed by atoms with Crippen LogP contribution < -0.4 is 5.32 Å². The largest absolute Gasteiger partial charge is 0.305 e. The van der Waals surface area contributed by atoms with Gasteiger partial charge in [0, 0.05) is 11.6 Å². The Bertz CT molecular complexity index is 377. The summed E-state index contributed by atoms with van der Waals surface area (Å²) in [4.78, 5) is 0. The van der Waals surface area contributed by atoms with Crippen molar-refractivity contribution in [2.24, 2.45) is 0 Å². The highest BCUT2D eigenvalue weighted by molar-refractivity contribution is 5.35. The summed E-state index contributed by atoms with van der Waals surface area (Å²) < 4.78 is 0. The summed E-state index contributed by atoms with van der Waals surface area (Å²) in [5, 5.41) is 3.78. The second kappa shape index (κ2) is 4.21. The molecule has 2 rings (SSSR count). The Labute approximate surface area is 99.3 Å². The van der Waals surface area contributed by atoms with E-state index in [1.54, 1.807) is 0 Å². The van der Waals surface area contributed by atoms with E-state index in [0.29, 0.717) is 11.6 Å². The highest BCUT2D eigenvalue weighted by Gasteiger charge is 2.32. The Hall–Kier alpha value is -0.820. The molecule has 1 saturated carbocycles. The molecule has 88 valence electrons. The number of hydrogen-bond donors (Lipinski definition) is 1. The van der Waals surface area contributed by atoms with Crippen LogP contribution in [0.3, 0.4) is 0 Å². The fourth-order valence-corrected chi connectivity index (χ4v) is 2.69. The lowest BCUT2D eigenvalue weighted by Gasteiger charge is -2.42. The Balaban J connectivity index is 2.14. The summed E-state index contributed by atoms with van der Waals surface area (Å²) >= 11 is 0. The Morgan fingerprint density at radius 3 is 2.50 bits per heavy atom. The molecule has 1 aliphatic carbocycles. The molecule has 1 aromatic carbocycles. The third-order valence-corrected chi connectivity index (χ3v) is 4.14. The molecule has 1 aromatic rings. The van der Waals surface area contributed by atoms with Gasteiger partial charge in [0.1, 0.15) is 0 Å². The Kier molecular flexibility index (Phi) is 3.07. The molecular formula is C15H23N. The minimum absolute atomic E-state index is 0.385. The van der Waals surface area contributed by atoms with Crippen molar-refractivity contribution >= 4 is 0 Å². The molecule has 0 aromatic heterocycles. The Morgan fingerprint density at radius 1 is 1.25 bits per heavy atom. The molecule has 1 aliphatic rings. The molecule has 0 heterocycles. The van der Waals surface area contributed by atoms with Crippen LogP contribution >= 0.6 is 0 Å². The lowest BCUT2D eigenvalue weighted by molar-refractivity contribution is 0.189. The van der Waals surface area contributed by atoms with Crippen molar-refractivity contribution in [3.8, 4) is 0 Å². The molecule has 0 amide bonds. The van der Waals surface area contributed by atoms with E-state index in [1.165, 1.54) is 36.0 Å². The van der Waals surface area contributed by atoms with Crippen molar-refractivity contribution in [3.05, 3.63) is 34.9 Å². The maximum Gasteiger partial charge on any atom is 0.0299 e. The molecule has 0 aliphatic heterocycles. The summed E-state index contributed by atoms with van der Waals surface area (Å²) in [6.45, 7) is 9.05. The van der Waals surface area contributed by atoms with Crippen LogP contribution in [0, 0.1) is 13.8 Å². The van der Waals surface area contributed by atoms with Gasteiger partial charge >= 0.3 is 0 Å². The number of nitrogens with one attached hydrogen (secondary N) is 1. The van der Waals surface area contributed by atoms with Crippen molar-refractivity contribution < 1.29 is 0 Å². The van der Waals surface area contributed by atoms with E-state index in [4.69, 9.17) is 0 Å². The van der Waals surface area contributed by atoms with Crippen molar-refractivity contribution in [3.63, 3.8) is 0 Å². The lowest BCUT2D eigenvalue weighted by Crippen LogP contribution is -2.49. The monoisotopic (exact) mass is 217 g/mol. The van der Waals surface area contributed by atoms with Gasteiger partial charge in [-0.05, 0) is 63.6 Å². The predicted octanol–water partition coefficient (Wildman–Crippen LogP) is 3.90. The molecule has 0 bridgehead atoms. The molecule has 1 N–H and O–H groups in total. The minimum Gasteiger partial charge on any atom is -0.305 e. The summed E-state index contributed by atoms with van der Waals surface area (Å²) in [6, 6.07) is 7.07. The molecule has 1 fully saturated rings. The molecule has 1 heteroatoms. The van der Waals surface area contributed by atoms with Gasteiger partial charge in [-0.25, -0.2) is 0 Å². The smallest absolute Gasteiger partial charge is 0.0299 e. The van der Waals surface area contributed by atoms with E-state index in [-0.39, 0.29) is 0 Å². The topological polar surface area (TPSA) is 12.0 Å². The summed E-state index contributed by atoms with van der Waals surface area (Å²) in [6.07, 6.45) is 4.02. The average Bonchev–Trinajstić information content (AvgIpc) is 2.19. The van der Waals surface area contributed by atoms with Crippen molar-refractivity contribution in [1.29, 1.82) is 0 Å². The first-order valence-corrected chi connectivity index (χ1v) is 6.36. The van der Waals surface area contributed by atoms with Crippen molar-refractivity contribution in [1.82, 2.24) is 5.32 Å². The molecular weight excluding hydrogens is 194 g/mol. The second-order valence-corrected chi connectivity index (χ2v) is 5.57. The molecule has 16 heavy (non-hydrogen) atoms. The van der Waals surface area contributed by atoms with E-state index < -0.39 is 0 Å². The van der Waals surface area contributed by atoms with Gasteiger partial charge in [-0.1, -0.05) is 18.2 Å². The zero-order valence-corrected chi connectivity index (χ0v) is 10.9. The van der Waals surface area contributed by atoms with Gasteiger partial charge in [-0.15, -0.1) is 0 Å². The van der Waals surface area contributed by atoms with Gasteiger partial charge in [0.15, 0.2) is 0 Å². The molecule has 1 atom stereocenters. The first-order valence-electron chi connectivity index (χ1n) is 6.36. The quantitative estimate of drug-likeness (QED) is 0.809. The number of hydrogen-bond acceptors (Lipinski definition) is 1. The van der Waals surface area contributed by atoms with E-state index >= 15 is 0 Å². The van der Waals surface area contributed by atoms with Crippen molar-refractivity contribution in [2.45, 2.75) is 58.5 Å². The maximum absolute atomic E-state index is 3.78. The van der Waals surface area contributed by atoms with E-state index in [9.17, 15) is 0 Å². The SMILES string of the molecule is Cc1cccc(C(C)NC2(C)CCC2)c1C. The van der Waals surface area contributed by atoms with Crippen LogP contribution in [0.4, 0.5) is 0 Å². The summed E-state index contributed by atoms with van der Waals surface area (Å²) in [7, 11) is 0. The zero-order chi connectivity index (χ0) is 11.8. The summed E-state index contributed by atoms with van der Waals surface area (Å²) in [5.74, 6) is 0. The van der Waals surface area contributed by atoms with Crippen LogP contribution in [-0.2, 0) is 0 Å².